The molecule has 3 rings (SSSR count). The van der Waals surface area contributed by atoms with Crippen molar-refractivity contribution in [2.45, 2.75) is 44.6 Å². The average molecular weight is 545 g/mol. The van der Waals surface area contributed by atoms with Crippen LogP contribution in [0.15, 0.2) is 11.4 Å². The van der Waals surface area contributed by atoms with Gasteiger partial charge in [0.1, 0.15) is 11.9 Å². The smallest absolute Gasteiger partial charge is 0.459 e. The van der Waals surface area contributed by atoms with Crippen molar-refractivity contribution in [3.8, 4) is 0 Å². The molecule has 3 heterocycles. The lowest BCUT2D eigenvalue weighted by atomic mass is 10.0. The molecular weight excluding hydrogens is 523 g/mol. The van der Waals surface area contributed by atoms with Crippen LogP contribution in [0.1, 0.15) is 35.7 Å². The van der Waals surface area contributed by atoms with E-state index in [0.29, 0.717) is 0 Å². The molecule has 0 unspecified atom stereocenters. The molecule has 1 saturated heterocycles. The van der Waals surface area contributed by atoms with E-state index in [2.05, 4.69) is 15.0 Å². The van der Waals surface area contributed by atoms with Gasteiger partial charge in [-0.1, -0.05) is 6.92 Å². The summed E-state index contributed by atoms with van der Waals surface area (Å²) in [6, 6.07) is 0.786. The third-order valence-electron chi connectivity index (χ3n) is 5.42. The Balaban J connectivity index is 1.72. The van der Waals surface area contributed by atoms with Gasteiger partial charge in [0.15, 0.2) is 6.17 Å². The number of fused-ring (bicyclic) bond motifs is 1. The maximum absolute atomic E-state index is 14.8. The molecule has 0 bridgehead atoms. The molecule has 3 atom stereocenters. The van der Waals surface area contributed by atoms with Gasteiger partial charge < -0.3 is 15.0 Å². The van der Waals surface area contributed by atoms with Crippen molar-refractivity contribution in [1.29, 1.82) is 0 Å². The number of ether oxygens (including phenoxy) is 2. The van der Waals surface area contributed by atoms with E-state index in [0.717, 1.165) is 17.4 Å². The van der Waals surface area contributed by atoms with Crippen molar-refractivity contribution in [2.75, 3.05) is 31.6 Å². The first-order valence-corrected chi connectivity index (χ1v) is 11.6. The van der Waals surface area contributed by atoms with Crippen LogP contribution in [-0.2, 0) is 20.4 Å². The molecule has 7 nitrogen and oxygen atoms in total. The molecule has 15 heteroatoms. The van der Waals surface area contributed by atoms with Crippen molar-refractivity contribution < 1.29 is 49.8 Å². The zero-order valence-corrected chi connectivity index (χ0v) is 19.8. The Labute approximate surface area is 204 Å². The molecule has 1 aliphatic rings. The molecule has 0 radical (unpaired) electrons. The van der Waals surface area contributed by atoms with Crippen molar-refractivity contribution in [3.63, 3.8) is 0 Å². The second-order valence-electron chi connectivity index (χ2n) is 8.28. The zero-order chi connectivity index (χ0) is 26.8. The van der Waals surface area contributed by atoms with Crippen LogP contribution in [0.5, 0.6) is 0 Å². The summed E-state index contributed by atoms with van der Waals surface area (Å²) in [7, 11) is 1.32. The number of carbonyl (C=O) groups excluding carboxylic acids is 2. The zero-order valence-electron chi connectivity index (χ0n) is 19.0. The van der Waals surface area contributed by atoms with Crippen molar-refractivity contribution >= 4 is 39.2 Å². The summed E-state index contributed by atoms with van der Waals surface area (Å²) >= 11 is 0.719. The van der Waals surface area contributed by atoms with Crippen LogP contribution >= 0.6 is 11.3 Å². The number of alkyl halides is 7. The number of nitrogens with zero attached hydrogens (tertiary/aromatic N) is 2. The molecule has 0 spiro atoms. The van der Waals surface area contributed by atoms with E-state index in [1.165, 1.54) is 24.3 Å². The minimum atomic E-state index is -4.85. The van der Waals surface area contributed by atoms with Gasteiger partial charge in [0, 0.05) is 25.4 Å². The predicted molar refractivity (Wildman–Crippen MR) is 115 cm³/mol. The molecule has 200 valence electrons. The summed E-state index contributed by atoms with van der Waals surface area (Å²) in [6.07, 6.45) is -13.1. The summed E-state index contributed by atoms with van der Waals surface area (Å²) < 4.78 is 101. The molecule has 0 saturated carbocycles. The predicted octanol–water partition coefficient (Wildman–Crippen LogP) is 4.70. The second-order valence-corrected chi connectivity index (χ2v) is 9.16. The van der Waals surface area contributed by atoms with Crippen molar-refractivity contribution in [2.24, 2.45) is 5.92 Å². The molecule has 2 aromatic heterocycles. The number of aromatic nitrogens is 1. The van der Waals surface area contributed by atoms with Crippen molar-refractivity contribution in [1.82, 2.24) is 10.3 Å². The summed E-state index contributed by atoms with van der Waals surface area (Å²) in [4.78, 5) is 29.6. The molecule has 0 aromatic carbocycles. The number of piperidine rings is 1. The standard InChI is InChI=1S/C21H22F7N3O4S/c1-10(8-34-21(26,27)28)5-16(32)35-14-3-4-31(7-13(14)22)15-6-12(20(23,24)25)18-17(30-15)11(9-36-18)19(33)29-2/h6,9-10,13-14H,3-5,7-8H2,1-2H3,(H,29,33)/t10-,13+,14+/m1/s1. The molecule has 1 aliphatic heterocycles. The summed E-state index contributed by atoms with van der Waals surface area (Å²) in [5, 5.41) is 3.60. The Morgan fingerprint density at radius 1 is 1.28 bits per heavy atom. The number of carbonyl (C=O) groups is 2. The number of esters is 1. The highest BCUT2D eigenvalue weighted by molar-refractivity contribution is 7.17. The van der Waals surface area contributed by atoms with Gasteiger partial charge in [-0.2, -0.15) is 13.2 Å². The normalized spacial score (nSPS) is 19.9. The number of pyridine rings is 1. The molecule has 0 aliphatic carbocycles. The third-order valence-corrected chi connectivity index (χ3v) is 6.42. The van der Waals surface area contributed by atoms with Gasteiger partial charge in [-0.15, -0.1) is 24.5 Å². The van der Waals surface area contributed by atoms with E-state index in [-0.39, 0.29) is 34.6 Å². The maximum atomic E-state index is 14.8. The molecule has 1 amide bonds. The van der Waals surface area contributed by atoms with E-state index in [9.17, 15) is 40.3 Å². The topological polar surface area (TPSA) is 80.8 Å². The first kappa shape index (κ1) is 27.9. The maximum Gasteiger partial charge on any atom is 0.522 e. The number of thiophene rings is 1. The van der Waals surface area contributed by atoms with Gasteiger partial charge in [-0.3, -0.25) is 14.3 Å². The number of amides is 1. The third kappa shape index (κ3) is 6.75. The van der Waals surface area contributed by atoms with E-state index < -0.39 is 67.7 Å². The highest BCUT2D eigenvalue weighted by Gasteiger charge is 2.38. The fourth-order valence-corrected chi connectivity index (χ4v) is 4.71. The average Bonchev–Trinajstić information content (AvgIpc) is 3.20. The Kier molecular flexibility index (Phi) is 8.33. The minimum Gasteiger partial charge on any atom is -0.459 e. The number of rotatable bonds is 7. The molecule has 2 aromatic rings. The van der Waals surface area contributed by atoms with Gasteiger partial charge >= 0.3 is 18.5 Å². The van der Waals surface area contributed by atoms with Crippen LogP contribution in [0.4, 0.5) is 36.6 Å². The van der Waals surface area contributed by atoms with Crippen LogP contribution < -0.4 is 10.2 Å². The lowest BCUT2D eigenvalue weighted by Gasteiger charge is -2.35. The van der Waals surface area contributed by atoms with Crippen molar-refractivity contribution in [3.05, 3.63) is 22.6 Å². The first-order valence-electron chi connectivity index (χ1n) is 10.7. The first-order chi connectivity index (χ1) is 16.7. The Morgan fingerprint density at radius 3 is 2.56 bits per heavy atom. The lowest BCUT2D eigenvalue weighted by Crippen LogP contribution is -2.47. The van der Waals surface area contributed by atoms with Crippen LogP contribution in [0.25, 0.3) is 10.2 Å². The van der Waals surface area contributed by atoms with Gasteiger partial charge in [0.25, 0.3) is 5.91 Å². The highest BCUT2D eigenvalue weighted by Crippen LogP contribution is 2.40. The molecule has 1 fully saturated rings. The fourth-order valence-electron chi connectivity index (χ4n) is 3.68. The van der Waals surface area contributed by atoms with Crippen LogP contribution in [-0.4, -0.2) is 62.2 Å². The summed E-state index contributed by atoms with van der Waals surface area (Å²) in [5.41, 5.74) is -1.22. The van der Waals surface area contributed by atoms with Crippen LogP contribution in [0.3, 0.4) is 0 Å². The SMILES string of the molecule is CNC(=O)c1csc2c(C(F)(F)F)cc(N3CC[C@H](OC(=O)C[C@@H](C)COC(F)(F)F)[C@@H](F)C3)nc12. The molecule has 36 heavy (non-hydrogen) atoms. The van der Waals surface area contributed by atoms with Gasteiger partial charge in [-0.25, -0.2) is 9.37 Å². The number of hydrogen-bond donors (Lipinski definition) is 1. The van der Waals surface area contributed by atoms with Crippen LogP contribution in [0.2, 0.25) is 0 Å². The number of hydrogen-bond acceptors (Lipinski definition) is 7. The van der Waals surface area contributed by atoms with Gasteiger partial charge in [-0.05, 0) is 12.0 Å². The quantitative estimate of drug-likeness (QED) is 0.402. The van der Waals surface area contributed by atoms with E-state index in [4.69, 9.17) is 4.74 Å². The Hall–Kier alpha value is -2.68. The van der Waals surface area contributed by atoms with Gasteiger partial charge in [0.2, 0.25) is 0 Å². The summed E-state index contributed by atoms with van der Waals surface area (Å²) in [5.74, 6) is -2.57. The number of nitrogens with one attached hydrogen (secondary N) is 1. The second kappa shape index (κ2) is 10.7. The highest BCUT2D eigenvalue weighted by atomic mass is 32.1. The van der Waals surface area contributed by atoms with E-state index in [1.807, 2.05) is 0 Å². The van der Waals surface area contributed by atoms with E-state index >= 15 is 0 Å². The van der Waals surface area contributed by atoms with Gasteiger partial charge in [0.05, 0.1) is 40.9 Å². The minimum absolute atomic E-state index is 0.0135. The number of anilines is 1. The molecule has 1 N–H and O–H groups in total. The molecular formula is C21H22F7N3O4S. The van der Waals surface area contributed by atoms with E-state index in [1.54, 1.807) is 0 Å². The lowest BCUT2D eigenvalue weighted by molar-refractivity contribution is -0.328. The fraction of sp³-hybridized carbons (Fsp3) is 0.571. The monoisotopic (exact) mass is 545 g/mol. The summed E-state index contributed by atoms with van der Waals surface area (Å²) in [6.45, 7) is 0.104. The largest absolute Gasteiger partial charge is 0.522 e. The Morgan fingerprint density at radius 2 is 1.97 bits per heavy atom. The van der Waals surface area contributed by atoms with Crippen LogP contribution in [0, 0.1) is 5.92 Å². The number of halogens is 7. The Bertz CT molecular complexity index is 1110.